The Kier molecular flexibility index (Phi) is 4.61. The van der Waals surface area contributed by atoms with Gasteiger partial charge in [-0.1, -0.05) is 42.5 Å². The number of amides is 1. The number of carbonyl (C=O) groups is 1. The van der Waals surface area contributed by atoms with Gasteiger partial charge in [0.2, 0.25) is 5.91 Å². The second-order valence-corrected chi connectivity index (χ2v) is 5.95. The van der Waals surface area contributed by atoms with Gasteiger partial charge in [-0.15, -0.1) is 11.3 Å². The van der Waals surface area contributed by atoms with E-state index in [0.29, 0.717) is 6.42 Å². The van der Waals surface area contributed by atoms with Crippen molar-refractivity contribution in [1.29, 1.82) is 0 Å². The summed E-state index contributed by atoms with van der Waals surface area (Å²) in [5.41, 5.74) is 1.87. The second-order valence-electron chi connectivity index (χ2n) is 4.92. The molecule has 0 aliphatic carbocycles. The molecule has 0 spiro atoms. The molecule has 1 amide bonds. The number of carbonyl (C=O) groups excluding carboxylic acids is 1. The zero-order chi connectivity index (χ0) is 15.2. The Bertz CT molecular complexity index is 672. The lowest BCUT2D eigenvalue weighted by Crippen LogP contribution is -2.30. The van der Waals surface area contributed by atoms with Crippen LogP contribution < -0.4 is 5.32 Å². The molecule has 0 fully saturated rings. The molecular formula is C18H16N2OS. The Morgan fingerprint density at radius 3 is 2.55 bits per heavy atom. The molecule has 1 N–H and O–H groups in total. The van der Waals surface area contributed by atoms with Crippen molar-refractivity contribution in [2.75, 3.05) is 0 Å². The number of pyridine rings is 1. The molecule has 0 saturated carbocycles. The molecule has 0 radical (unpaired) electrons. The van der Waals surface area contributed by atoms with Crippen LogP contribution in [-0.2, 0) is 11.2 Å². The Hall–Kier alpha value is -2.46. The van der Waals surface area contributed by atoms with Gasteiger partial charge in [-0.3, -0.25) is 9.78 Å². The van der Waals surface area contributed by atoms with Crippen molar-refractivity contribution in [2.45, 2.75) is 12.5 Å². The second kappa shape index (κ2) is 7.00. The standard InChI is InChI=1S/C18H16N2OS/c21-17(13-15-9-6-12-22-15)20-18(14-7-2-1-3-8-14)16-10-4-5-11-19-16/h1-12,18H,13H2,(H,20,21)/t18-/m1/s1. The summed E-state index contributed by atoms with van der Waals surface area (Å²) in [4.78, 5) is 17.8. The van der Waals surface area contributed by atoms with Crippen LogP contribution in [0.3, 0.4) is 0 Å². The highest BCUT2D eigenvalue weighted by atomic mass is 32.1. The van der Waals surface area contributed by atoms with Crippen molar-refractivity contribution in [3.8, 4) is 0 Å². The van der Waals surface area contributed by atoms with E-state index in [-0.39, 0.29) is 11.9 Å². The molecule has 110 valence electrons. The maximum atomic E-state index is 12.3. The molecule has 2 aromatic heterocycles. The van der Waals surface area contributed by atoms with Gasteiger partial charge in [-0.25, -0.2) is 0 Å². The highest BCUT2D eigenvalue weighted by Crippen LogP contribution is 2.20. The van der Waals surface area contributed by atoms with Gasteiger partial charge in [0.05, 0.1) is 18.2 Å². The maximum absolute atomic E-state index is 12.3. The molecule has 2 heterocycles. The topological polar surface area (TPSA) is 42.0 Å². The van der Waals surface area contributed by atoms with Crippen LogP contribution in [0.4, 0.5) is 0 Å². The molecule has 0 saturated heterocycles. The van der Waals surface area contributed by atoms with Crippen LogP contribution in [0.1, 0.15) is 22.2 Å². The van der Waals surface area contributed by atoms with Crippen LogP contribution in [0.15, 0.2) is 72.2 Å². The van der Waals surface area contributed by atoms with E-state index in [1.54, 1.807) is 17.5 Å². The van der Waals surface area contributed by atoms with Gasteiger partial charge in [0.1, 0.15) is 0 Å². The number of thiophene rings is 1. The summed E-state index contributed by atoms with van der Waals surface area (Å²) in [5.74, 6) is 0.00181. The molecule has 1 atom stereocenters. The fourth-order valence-electron chi connectivity index (χ4n) is 2.30. The van der Waals surface area contributed by atoms with Crippen LogP contribution in [0.25, 0.3) is 0 Å². The molecule has 0 bridgehead atoms. The first-order valence-corrected chi connectivity index (χ1v) is 7.98. The molecule has 0 aliphatic heterocycles. The Labute approximate surface area is 133 Å². The Morgan fingerprint density at radius 1 is 1.05 bits per heavy atom. The van der Waals surface area contributed by atoms with Crippen molar-refractivity contribution in [3.05, 3.63) is 88.4 Å². The highest BCUT2D eigenvalue weighted by Gasteiger charge is 2.18. The lowest BCUT2D eigenvalue weighted by atomic mass is 10.0. The summed E-state index contributed by atoms with van der Waals surface area (Å²) >= 11 is 1.59. The Morgan fingerprint density at radius 2 is 1.86 bits per heavy atom. The average molecular weight is 308 g/mol. The summed E-state index contributed by atoms with van der Waals surface area (Å²) in [6.45, 7) is 0. The van der Waals surface area contributed by atoms with Gasteiger partial charge in [0.15, 0.2) is 0 Å². The lowest BCUT2D eigenvalue weighted by Gasteiger charge is -2.18. The lowest BCUT2D eigenvalue weighted by molar-refractivity contribution is -0.120. The molecule has 0 unspecified atom stereocenters. The molecule has 1 aromatic carbocycles. The smallest absolute Gasteiger partial charge is 0.226 e. The number of hydrogen-bond acceptors (Lipinski definition) is 3. The first-order chi connectivity index (χ1) is 10.8. The number of rotatable bonds is 5. The van der Waals surface area contributed by atoms with Gasteiger partial charge in [-0.05, 0) is 29.1 Å². The van der Waals surface area contributed by atoms with E-state index in [1.807, 2.05) is 66.0 Å². The van der Waals surface area contributed by atoms with E-state index < -0.39 is 0 Å². The van der Waals surface area contributed by atoms with Crippen molar-refractivity contribution in [3.63, 3.8) is 0 Å². The normalized spacial score (nSPS) is 11.8. The molecular weight excluding hydrogens is 292 g/mol. The number of nitrogens with one attached hydrogen (secondary N) is 1. The minimum absolute atomic E-state index is 0.00181. The van der Waals surface area contributed by atoms with E-state index in [2.05, 4.69) is 10.3 Å². The Balaban J connectivity index is 1.81. The minimum atomic E-state index is -0.227. The molecule has 3 nitrogen and oxygen atoms in total. The number of benzene rings is 1. The number of nitrogens with zero attached hydrogens (tertiary/aromatic N) is 1. The zero-order valence-electron chi connectivity index (χ0n) is 12.0. The third kappa shape index (κ3) is 3.59. The maximum Gasteiger partial charge on any atom is 0.226 e. The molecule has 4 heteroatoms. The first kappa shape index (κ1) is 14.5. The molecule has 3 aromatic rings. The minimum Gasteiger partial charge on any atom is -0.343 e. The predicted molar refractivity (Wildman–Crippen MR) is 88.7 cm³/mol. The van der Waals surface area contributed by atoms with E-state index in [4.69, 9.17) is 0 Å². The SMILES string of the molecule is O=C(Cc1cccs1)N[C@H](c1ccccc1)c1ccccn1. The summed E-state index contributed by atoms with van der Waals surface area (Å²) in [6.07, 6.45) is 2.14. The summed E-state index contributed by atoms with van der Waals surface area (Å²) in [5, 5.41) is 5.08. The fourth-order valence-corrected chi connectivity index (χ4v) is 3.01. The van der Waals surface area contributed by atoms with Crippen LogP contribution >= 0.6 is 11.3 Å². The third-order valence-electron chi connectivity index (χ3n) is 3.34. The van der Waals surface area contributed by atoms with E-state index >= 15 is 0 Å². The van der Waals surface area contributed by atoms with Gasteiger partial charge in [0.25, 0.3) is 0 Å². The van der Waals surface area contributed by atoms with Gasteiger partial charge < -0.3 is 5.32 Å². The van der Waals surface area contributed by atoms with E-state index in [1.165, 1.54) is 0 Å². The molecule has 3 rings (SSSR count). The summed E-state index contributed by atoms with van der Waals surface area (Å²) in [6, 6.07) is 19.4. The average Bonchev–Trinajstić information content (AvgIpc) is 3.07. The van der Waals surface area contributed by atoms with Crippen molar-refractivity contribution in [2.24, 2.45) is 0 Å². The zero-order valence-corrected chi connectivity index (χ0v) is 12.8. The van der Waals surface area contributed by atoms with Crippen LogP contribution in [0, 0.1) is 0 Å². The number of aromatic nitrogens is 1. The molecule has 0 aliphatic rings. The van der Waals surface area contributed by atoms with Crippen LogP contribution in [-0.4, -0.2) is 10.9 Å². The van der Waals surface area contributed by atoms with Gasteiger partial charge in [0, 0.05) is 11.1 Å². The predicted octanol–water partition coefficient (Wildman–Crippen LogP) is 3.59. The third-order valence-corrected chi connectivity index (χ3v) is 4.21. The largest absolute Gasteiger partial charge is 0.343 e. The monoisotopic (exact) mass is 308 g/mol. The number of hydrogen-bond donors (Lipinski definition) is 1. The van der Waals surface area contributed by atoms with Gasteiger partial charge >= 0.3 is 0 Å². The van der Waals surface area contributed by atoms with Gasteiger partial charge in [-0.2, -0.15) is 0 Å². The van der Waals surface area contributed by atoms with E-state index in [0.717, 1.165) is 16.1 Å². The van der Waals surface area contributed by atoms with Crippen LogP contribution in [0.2, 0.25) is 0 Å². The summed E-state index contributed by atoms with van der Waals surface area (Å²) in [7, 11) is 0. The first-order valence-electron chi connectivity index (χ1n) is 7.10. The fraction of sp³-hybridized carbons (Fsp3) is 0.111. The quantitative estimate of drug-likeness (QED) is 0.782. The van der Waals surface area contributed by atoms with Crippen molar-refractivity contribution in [1.82, 2.24) is 10.3 Å². The highest BCUT2D eigenvalue weighted by molar-refractivity contribution is 7.10. The van der Waals surface area contributed by atoms with E-state index in [9.17, 15) is 4.79 Å². The molecule has 22 heavy (non-hydrogen) atoms. The van der Waals surface area contributed by atoms with Crippen LogP contribution in [0.5, 0.6) is 0 Å². The summed E-state index contributed by atoms with van der Waals surface area (Å²) < 4.78 is 0. The van der Waals surface area contributed by atoms with Crippen molar-refractivity contribution >= 4 is 17.2 Å². The van der Waals surface area contributed by atoms with Crippen molar-refractivity contribution < 1.29 is 4.79 Å².